The lowest BCUT2D eigenvalue weighted by atomic mass is 10.0. The van der Waals surface area contributed by atoms with Gasteiger partial charge in [-0.3, -0.25) is 4.90 Å². The third kappa shape index (κ3) is 2.96. The molecule has 2 rings (SSSR count). The van der Waals surface area contributed by atoms with E-state index in [0.29, 0.717) is 13.1 Å². The highest BCUT2D eigenvalue weighted by atomic mass is 35.5. The first-order valence-corrected chi connectivity index (χ1v) is 5.69. The van der Waals surface area contributed by atoms with Gasteiger partial charge < -0.3 is 5.32 Å². The first-order valence-electron chi connectivity index (χ1n) is 5.69. The molecule has 1 saturated heterocycles. The van der Waals surface area contributed by atoms with Crippen molar-refractivity contribution in [1.29, 1.82) is 0 Å². The highest BCUT2D eigenvalue weighted by molar-refractivity contribution is 5.85. The van der Waals surface area contributed by atoms with Gasteiger partial charge in [0, 0.05) is 37.8 Å². The van der Waals surface area contributed by atoms with Crippen molar-refractivity contribution >= 4 is 12.4 Å². The number of benzene rings is 1. The molecule has 102 valence electrons. The molecule has 1 fully saturated rings. The minimum atomic E-state index is -1.07. The summed E-state index contributed by atoms with van der Waals surface area (Å²) >= 11 is 0. The predicted octanol–water partition coefficient (Wildman–Crippen LogP) is 2.49. The second-order valence-electron chi connectivity index (χ2n) is 4.22. The molecule has 1 atom stereocenters. The van der Waals surface area contributed by atoms with Crippen molar-refractivity contribution in [3.63, 3.8) is 0 Å². The van der Waals surface area contributed by atoms with Crippen LogP contribution in [0.15, 0.2) is 12.1 Å². The summed E-state index contributed by atoms with van der Waals surface area (Å²) in [6.07, 6.45) is 0. The predicted molar refractivity (Wildman–Crippen MR) is 66.4 cm³/mol. The van der Waals surface area contributed by atoms with Gasteiger partial charge in [0.1, 0.15) is 5.82 Å². The third-order valence-corrected chi connectivity index (χ3v) is 3.20. The Morgan fingerprint density at radius 2 is 1.67 bits per heavy atom. The van der Waals surface area contributed by atoms with Crippen LogP contribution in [0.4, 0.5) is 13.2 Å². The van der Waals surface area contributed by atoms with E-state index in [2.05, 4.69) is 5.32 Å². The first-order chi connectivity index (χ1) is 8.11. The normalized spacial score (nSPS) is 18.2. The Balaban J connectivity index is 0.00000162. The van der Waals surface area contributed by atoms with Crippen molar-refractivity contribution in [3.05, 3.63) is 35.1 Å². The maximum Gasteiger partial charge on any atom is 0.166 e. The van der Waals surface area contributed by atoms with Crippen LogP contribution in [0.25, 0.3) is 0 Å². The smallest absolute Gasteiger partial charge is 0.166 e. The van der Waals surface area contributed by atoms with E-state index in [0.717, 1.165) is 25.2 Å². The van der Waals surface area contributed by atoms with E-state index in [1.54, 1.807) is 6.92 Å². The number of halogens is 4. The molecule has 1 aromatic rings. The molecule has 0 spiro atoms. The van der Waals surface area contributed by atoms with E-state index in [9.17, 15) is 13.2 Å². The number of nitrogens with one attached hydrogen (secondary N) is 1. The van der Waals surface area contributed by atoms with Crippen molar-refractivity contribution in [2.75, 3.05) is 26.2 Å². The van der Waals surface area contributed by atoms with Crippen LogP contribution in [0.5, 0.6) is 0 Å². The van der Waals surface area contributed by atoms with Crippen molar-refractivity contribution in [3.8, 4) is 0 Å². The Kier molecular flexibility index (Phi) is 5.44. The summed E-state index contributed by atoms with van der Waals surface area (Å²) in [6, 6.07) is 1.35. The van der Waals surface area contributed by atoms with Crippen LogP contribution in [-0.2, 0) is 0 Å². The molecule has 0 bridgehead atoms. The van der Waals surface area contributed by atoms with Crippen LogP contribution < -0.4 is 5.32 Å². The second-order valence-corrected chi connectivity index (χ2v) is 4.22. The van der Waals surface area contributed by atoms with E-state index in [4.69, 9.17) is 0 Å². The highest BCUT2D eigenvalue weighted by Gasteiger charge is 2.25. The molecule has 1 aromatic carbocycles. The van der Waals surface area contributed by atoms with Crippen LogP contribution in [0, 0.1) is 17.5 Å². The van der Waals surface area contributed by atoms with E-state index in [1.165, 1.54) is 0 Å². The van der Waals surface area contributed by atoms with Gasteiger partial charge in [0.2, 0.25) is 0 Å². The molecule has 1 heterocycles. The molecule has 1 aliphatic heterocycles. The number of nitrogens with zero attached hydrogens (tertiary/aromatic N) is 1. The number of hydrogen-bond donors (Lipinski definition) is 1. The summed E-state index contributed by atoms with van der Waals surface area (Å²) in [5.41, 5.74) is -0.174. The molecule has 0 amide bonds. The maximum atomic E-state index is 13.6. The van der Waals surface area contributed by atoms with Gasteiger partial charge in [0.15, 0.2) is 11.6 Å². The van der Waals surface area contributed by atoms with Gasteiger partial charge in [-0.05, 0) is 19.1 Å². The van der Waals surface area contributed by atoms with Gasteiger partial charge >= 0.3 is 0 Å². The zero-order valence-electron chi connectivity index (χ0n) is 10.0. The summed E-state index contributed by atoms with van der Waals surface area (Å²) in [5.74, 6) is -2.76. The SMILES string of the molecule is C[C@H](c1c(F)ccc(F)c1F)N1CCNCC1.Cl. The topological polar surface area (TPSA) is 15.3 Å². The average molecular weight is 281 g/mol. The minimum absolute atomic E-state index is 0. The Morgan fingerprint density at radius 3 is 2.28 bits per heavy atom. The van der Waals surface area contributed by atoms with Crippen LogP contribution in [0.1, 0.15) is 18.5 Å². The number of piperazine rings is 1. The lowest BCUT2D eigenvalue weighted by molar-refractivity contribution is 0.178. The van der Waals surface area contributed by atoms with E-state index in [1.807, 2.05) is 4.90 Å². The van der Waals surface area contributed by atoms with Gasteiger partial charge in [-0.2, -0.15) is 0 Å². The molecule has 1 N–H and O–H groups in total. The minimum Gasteiger partial charge on any atom is -0.314 e. The highest BCUT2D eigenvalue weighted by Crippen LogP contribution is 2.27. The number of rotatable bonds is 2. The summed E-state index contributed by atoms with van der Waals surface area (Å²) in [4.78, 5) is 1.94. The average Bonchev–Trinajstić information content (AvgIpc) is 2.35. The van der Waals surface area contributed by atoms with Crippen LogP contribution in [0.3, 0.4) is 0 Å². The second kappa shape index (κ2) is 6.41. The largest absolute Gasteiger partial charge is 0.314 e. The van der Waals surface area contributed by atoms with Crippen molar-refractivity contribution in [2.24, 2.45) is 0 Å². The first kappa shape index (κ1) is 15.3. The summed E-state index contributed by atoms with van der Waals surface area (Å²) in [7, 11) is 0. The van der Waals surface area contributed by atoms with E-state index >= 15 is 0 Å². The van der Waals surface area contributed by atoms with Crippen molar-refractivity contribution in [1.82, 2.24) is 10.2 Å². The number of hydrogen-bond acceptors (Lipinski definition) is 2. The van der Waals surface area contributed by atoms with Crippen LogP contribution >= 0.6 is 12.4 Å². The van der Waals surface area contributed by atoms with Gasteiger partial charge in [-0.1, -0.05) is 0 Å². The van der Waals surface area contributed by atoms with Gasteiger partial charge in [0.25, 0.3) is 0 Å². The summed E-state index contributed by atoms with van der Waals surface area (Å²) in [6.45, 7) is 4.67. The molecule has 0 aromatic heterocycles. The van der Waals surface area contributed by atoms with E-state index < -0.39 is 23.5 Å². The Bertz CT molecular complexity index is 409. The Morgan fingerprint density at radius 1 is 1.11 bits per heavy atom. The molecule has 0 radical (unpaired) electrons. The third-order valence-electron chi connectivity index (χ3n) is 3.20. The van der Waals surface area contributed by atoms with Crippen LogP contribution in [0.2, 0.25) is 0 Å². The fraction of sp³-hybridized carbons (Fsp3) is 0.500. The molecular formula is C12H16ClF3N2. The van der Waals surface area contributed by atoms with Gasteiger partial charge in [-0.25, -0.2) is 13.2 Å². The molecule has 0 unspecified atom stereocenters. The monoisotopic (exact) mass is 280 g/mol. The lowest BCUT2D eigenvalue weighted by Gasteiger charge is -2.33. The molecule has 2 nitrogen and oxygen atoms in total. The summed E-state index contributed by atoms with van der Waals surface area (Å²) < 4.78 is 40.3. The summed E-state index contributed by atoms with van der Waals surface area (Å²) in [5, 5.41) is 3.16. The molecular weight excluding hydrogens is 265 g/mol. The standard InChI is InChI=1S/C12H15F3N2.ClH/c1-8(17-6-4-16-5-7-17)11-9(13)2-3-10(14)12(11)15;/h2-3,8,16H,4-7H2,1H3;1H/t8-;/m1./s1. The lowest BCUT2D eigenvalue weighted by Crippen LogP contribution is -2.44. The zero-order valence-corrected chi connectivity index (χ0v) is 10.9. The van der Waals surface area contributed by atoms with Gasteiger partial charge in [0.05, 0.1) is 0 Å². The molecule has 0 saturated carbocycles. The fourth-order valence-corrected chi connectivity index (χ4v) is 2.18. The van der Waals surface area contributed by atoms with Gasteiger partial charge in [-0.15, -0.1) is 12.4 Å². The Hall–Kier alpha value is -0.780. The fourth-order valence-electron chi connectivity index (χ4n) is 2.18. The molecule has 1 aliphatic rings. The quantitative estimate of drug-likeness (QED) is 0.838. The Labute approximate surface area is 111 Å². The molecule has 18 heavy (non-hydrogen) atoms. The molecule has 6 heteroatoms. The van der Waals surface area contributed by atoms with Crippen LogP contribution in [-0.4, -0.2) is 31.1 Å². The molecule has 0 aliphatic carbocycles. The van der Waals surface area contributed by atoms with Crippen molar-refractivity contribution in [2.45, 2.75) is 13.0 Å². The van der Waals surface area contributed by atoms with Crippen molar-refractivity contribution < 1.29 is 13.2 Å². The zero-order chi connectivity index (χ0) is 12.4. The van der Waals surface area contributed by atoms with E-state index in [-0.39, 0.29) is 18.0 Å². The maximum absolute atomic E-state index is 13.6.